The molecule has 0 bridgehead atoms. The van der Waals surface area contributed by atoms with E-state index in [2.05, 4.69) is 10.2 Å². The maximum atomic E-state index is 14.0. The molecule has 1 saturated heterocycles. The van der Waals surface area contributed by atoms with Crippen LogP contribution in [0.3, 0.4) is 0 Å². The van der Waals surface area contributed by atoms with Crippen molar-refractivity contribution in [1.82, 2.24) is 19.7 Å². The molecule has 2 heterocycles. The van der Waals surface area contributed by atoms with E-state index in [4.69, 9.17) is 22.1 Å². The number of aryl methyl sites for hydroxylation is 1. The van der Waals surface area contributed by atoms with Crippen LogP contribution in [0.1, 0.15) is 30.7 Å². The minimum atomic E-state index is -0.449. The lowest BCUT2D eigenvalue weighted by molar-refractivity contribution is -0.127. The van der Waals surface area contributed by atoms with Gasteiger partial charge in [0.15, 0.2) is 5.16 Å². The molecule has 1 aromatic carbocycles. The number of carbonyl (C=O) groups is 2. The average molecular weight is 470 g/mol. The fraction of sp³-hybridized carbons (Fsp3) is 0.500. The number of hydrogen-bond acceptors (Lipinski definition) is 6. The molecule has 8 nitrogen and oxygen atoms in total. The Kier molecular flexibility index (Phi) is 8.28. The van der Waals surface area contributed by atoms with Crippen molar-refractivity contribution in [2.75, 3.05) is 19.4 Å². The number of thioether (sulfide) groups is 1. The van der Waals surface area contributed by atoms with Gasteiger partial charge >= 0.3 is 0 Å². The molecule has 0 saturated carbocycles. The van der Waals surface area contributed by atoms with E-state index in [1.54, 1.807) is 13.1 Å². The molecule has 1 fully saturated rings. The first kappa shape index (κ1) is 23.5. The van der Waals surface area contributed by atoms with Crippen molar-refractivity contribution >= 4 is 35.2 Å². The first-order valence-corrected chi connectivity index (χ1v) is 11.3. The number of aromatic nitrogens is 3. The Morgan fingerprint density at radius 2 is 2.23 bits per heavy atom. The van der Waals surface area contributed by atoms with E-state index >= 15 is 0 Å². The third kappa shape index (κ3) is 6.41. The molecular formula is C20H25ClFN5O3S. The average Bonchev–Trinajstić information content (AvgIpc) is 3.37. The molecule has 2 amide bonds. The minimum absolute atomic E-state index is 0.0456. The van der Waals surface area contributed by atoms with Gasteiger partial charge in [-0.3, -0.25) is 9.59 Å². The summed E-state index contributed by atoms with van der Waals surface area (Å²) in [5.41, 5.74) is 5.54. The van der Waals surface area contributed by atoms with Crippen molar-refractivity contribution < 1.29 is 18.7 Å². The molecule has 1 aromatic heterocycles. The van der Waals surface area contributed by atoms with Crippen molar-refractivity contribution in [1.29, 1.82) is 0 Å². The number of nitrogens with two attached hydrogens (primary N) is 1. The summed E-state index contributed by atoms with van der Waals surface area (Å²) in [5, 5.41) is 9.23. The highest BCUT2D eigenvalue weighted by Crippen LogP contribution is 2.24. The highest BCUT2D eigenvalue weighted by Gasteiger charge is 2.22. The normalized spacial score (nSPS) is 15.9. The Labute approximate surface area is 189 Å². The third-order valence-electron chi connectivity index (χ3n) is 5.01. The van der Waals surface area contributed by atoms with E-state index in [0.29, 0.717) is 30.6 Å². The fourth-order valence-corrected chi connectivity index (χ4v) is 4.40. The lowest BCUT2D eigenvalue weighted by Crippen LogP contribution is -2.28. The third-order valence-corrected chi connectivity index (χ3v) is 6.31. The molecular weight excluding hydrogens is 445 g/mol. The molecule has 11 heteroatoms. The van der Waals surface area contributed by atoms with Crippen LogP contribution in [0, 0.1) is 5.82 Å². The van der Waals surface area contributed by atoms with Gasteiger partial charge in [-0.1, -0.05) is 29.4 Å². The molecule has 1 unspecified atom stereocenters. The molecule has 1 atom stereocenters. The van der Waals surface area contributed by atoms with Gasteiger partial charge in [-0.2, -0.15) is 0 Å². The lowest BCUT2D eigenvalue weighted by Gasteiger charge is -2.19. The van der Waals surface area contributed by atoms with Crippen LogP contribution >= 0.6 is 23.4 Å². The number of rotatable bonds is 10. The van der Waals surface area contributed by atoms with Gasteiger partial charge in [-0.25, -0.2) is 4.39 Å². The second-order valence-corrected chi connectivity index (χ2v) is 8.70. The Morgan fingerprint density at radius 1 is 1.42 bits per heavy atom. The highest BCUT2D eigenvalue weighted by atomic mass is 35.5. The number of benzene rings is 1. The van der Waals surface area contributed by atoms with Crippen molar-refractivity contribution in [2.24, 2.45) is 5.73 Å². The van der Waals surface area contributed by atoms with Crippen molar-refractivity contribution in [2.45, 2.75) is 50.0 Å². The Balaban J connectivity index is 1.65. The summed E-state index contributed by atoms with van der Waals surface area (Å²) in [6.07, 6.45) is 2.51. The first-order chi connectivity index (χ1) is 14.8. The fourth-order valence-electron chi connectivity index (χ4n) is 3.27. The largest absolute Gasteiger partial charge is 0.376 e. The van der Waals surface area contributed by atoms with Gasteiger partial charge in [0.25, 0.3) is 0 Å². The summed E-state index contributed by atoms with van der Waals surface area (Å²) < 4.78 is 21.6. The van der Waals surface area contributed by atoms with E-state index in [-0.39, 0.29) is 41.3 Å². The Bertz CT molecular complexity index is 915. The molecule has 31 heavy (non-hydrogen) atoms. The van der Waals surface area contributed by atoms with Gasteiger partial charge in [0, 0.05) is 43.6 Å². The van der Waals surface area contributed by atoms with Crippen LogP contribution in [-0.2, 0) is 33.8 Å². The SMILES string of the molecule is CN(Cc1c(F)cccc1Cl)C(=O)CSc1nnc(CCC(N)=O)n1CC1CCCO1. The van der Waals surface area contributed by atoms with Crippen LogP contribution in [-0.4, -0.2) is 57.0 Å². The predicted molar refractivity (Wildman–Crippen MR) is 115 cm³/mol. The predicted octanol–water partition coefficient (Wildman–Crippen LogP) is 2.42. The molecule has 1 aliphatic rings. The van der Waals surface area contributed by atoms with Gasteiger partial charge in [0.1, 0.15) is 11.6 Å². The van der Waals surface area contributed by atoms with Crippen LogP contribution in [0.15, 0.2) is 23.4 Å². The van der Waals surface area contributed by atoms with E-state index < -0.39 is 11.7 Å². The second kappa shape index (κ2) is 10.9. The number of ether oxygens (including phenoxy) is 1. The molecule has 2 aromatic rings. The topological polar surface area (TPSA) is 103 Å². The molecule has 1 aliphatic heterocycles. The standard InChI is InChI=1S/C20H25ClFN5O3S/c1-26(11-14-15(21)5-2-6-16(14)22)19(29)12-31-20-25-24-18(8-7-17(23)28)27(20)10-13-4-3-9-30-13/h2,5-6,13H,3-4,7-12H2,1H3,(H2,23,28). The number of hydrogen-bond donors (Lipinski definition) is 1. The van der Waals surface area contributed by atoms with Crippen molar-refractivity contribution in [3.63, 3.8) is 0 Å². The number of amides is 2. The van der Waals surface area contributed by atoms with E-state index in [1.165, 1.54) is 28.8 Å². The van der Waals surface area contributed by atoms with Gasteiger partial charge in [-0.05, 0) is 25.0 Å². The zero-order valence-electron chi connectivity index (χ0n) is 17.2. The van der Waals surface area contributed by atoms with Gasteiger partial charge in [0.2, 0.25) is 11.8 Å². The van der Waals surface area contributed by atoms with Crippen molar-refractivity contribution in [3.05, 3.63) is 40.4 Å². The number of carbonyl (C=O) groups excluding carboxylic acids is 2. The Hall–Kier alpha value is -2.17. The minimum Gasteiger partial charge on any atom is -0.376 e. The van der Waals surface area contributed by atoms with Crippen LogP contribution in [0.4, 0.5) is 4.39 Å². The van der Waals surface area contributed by atoms with E-state index in [9.17, 15) is 14.0 Å². The summed E-state index contributed by atoms with van der Waals surface area (Å²) in [4.78, 5) is 25.2. The molecule has 0 radical (unpaired) electrons. The summed E-state index contributed by atoms with van der Waals surface area (Å²) >= 11 is 7.30. The summed E-state index contributed by atoms with van der Waals surface area (Å²) in [6.45, 7) is 1.34. The van der Waals surface area contributed by atoms with Gasteiger partial charge in [0.05, 0.1) is 18.4 Å². The summed E-state index contributed by atoms with van der Waals surface area (Å²) in [7, 11) is 1.60. The molecule has 0 aliphatic carbocycles. The van der Waals surface area contributed by atoms with Gasteiger partial charge in [-0.15, -0.1) is 10.2 Å². The Morgan fingerprint density at radius 3 is 2.90 bits per heavy atom. The van der Waals surface area contributed by atoms with Gasteiger partial charge < -0.3 is 19.9 Å². The van der Waals surface area contributed by atoms with Crippen LogP contribution in [0.2, 0.25) is 5.02 Å². The second-order valence-electron chi connectivity index (χ2n) is 7.35. The summed E-state index contributed by atoms with van der Waals surface area (Å²) in [6, 6.07) is 4.43. The molecule has 0 spiro atoms. The number of halogens is 2. The molecule has 168 valence electrons. The summed E-state index contributed by atoms with van der Waals surface area (Å²) in [5.74, 6) is -0.327. The molecule has 2 N–H and O–H groups in total. The van der Waals surface area contributed by atoms with Crippen LogP contribution in [0.5, 0.6) is 0 Å². The zero-order chi connectivity index (χ0) is 22.4. The van der Waals surface area contributed by atoms with Crippen LogP contribution in [0.25, 0.3) is 0 Å². The first-order valence-electron chi connectivity index (χ1n) is 9.96. The maximum Gasteiger partial charge on any atom is 0.233 e. The monoisotopic (exact) mass is 469 g/mol. The quantitative estimate of drug-likeness (QED) is 0.536. The van der Waals surface area contributed by atoms with E-state index in [1.807, 2.05) is 4.57 Å². The van der Waals surface area contributed by atoms with Crippen molar-refractivity contribution in [3.8, 4) is 0 Å². The maximum absolute atomic E-state index is 14.0. The zero-order valence-corrected chi connectivity index (χ0v) is 18.8. The molecule has 3 rings (SSSR count). The van der Waals surface area contributed by atoms with E-state index in [0.717, 1.165) is 12.8 Å². The number of nitrogens with zero attached hydrogens (tertiary/aromatic N) is 4. The highest BCUT2D eigenvalue weighted by molar-refractivity contribution is 7.99. The number of primary amides is 1. The van der Waals surface area contributed by atoms with Crippen LogP contribution < -0.4 is 5.73 Å². The smallest absolute Gasteiger partial charge is 0.233 e. The lowest BCUT2D eigenvalue weighted by atomic mass is 10.2.